The maximum absolute atomic E-state index is 11.9. The number of anilines is 1. The highest BCUT2D eigenvalue weighted by Crippen LogP contribution is 2.40. The fourth-order valence-electron chi connectivity index (χ4n) is 5.67. The smallest absolute Gasteiger partial charge is 0.354 e. The van der Waals surface area contributed by atoms with E-state index < -0.39 is 5.97 Å². The van der Waals surface area contributed by atoms with E-state index in [2.05, 4.69) is 21.8 Å². The van der Waals surface area contributed by atoms with Crippen LogP contribution < -0.4 is 10.6 Å². The zero-order chi connectivity index (χ0) is 25.7. The van der Waals surface area contributed by atoms with Crippen molar-refractivity contribution < 1.29 is 9.90 Å². The maximum Gasteiger partial charge on any atom is 0.354 e. The lowest BCUT2D eigenvalue weighted by molar-refractivity contribution is 0.0690. The zero-order valence-electron chi connectivity index (χ0n) is 20.6. The van der Waals surface area contributed by atoms with Crippen LogP contribution in [0.5, 0.6) is 0 Å². The van der Waals surface area contributed by atoms with Crippen LogP contribution in [0, 0.1) is 0 Å². The summed E-state index contributed by atoms with van der Waals surface area (Å²) in [6, 6.07) is 7.89. The molecule has 4 N–H and O–H groups in total. The first-order chi connectivity index (χ1) is 17.9. The Kier molecular flexibility index (Phi) is 6.46. The van der Waals surface area contributed by atoms with E-state index in [1.807, 2.05) is 18.2 Å². The molecule has 4 heterocycles. The molecule has 0 bridgehead atoms. The fraction of sp³-hybridized carbons (Fsp3) is 0.407. The van der Waals surface area contributed by atoms with E-state index in [0.29, 0.717) is 15.7 Å². The summed E-state index contributed by atoms with van der Waals surface area (Å²) in [6.07, 6.45) is 5.82. The number of benzene rings is 1. The van der Waals surface area contributed by atoms with E-state index in [1.54, 1.807) is 6.07 Å². The van der Waals surface area contributed by atoms with E-state index >= 15 is 0 Å². The molecule has 0 spiro atoms. The van der Waals surface area contributed by atoms with Crippen molar-refractivity contribution in [2.75, 3.05) is 18.0 Å². The van der Waals surface area contributed by atoms with E-state index in [9.17, 15) is 9.90 Å². The summed E-state index contributed by atoms with van der Waals surface area (Å²) in [5.74, 6) is 0.0945. The predicted octanol–water partition coefficient (Wildman–Crippen LogP) is 5.77. The second kappa shape index (κ2) is 9.78. The molecule has 0 radical (unpaired) electrons. The number of aryl methyl sites for hydroxylation is 1. The topological polar surface area (TPSA) is 121 Å². The Bertz CT molecular complexity index is 1520. The van der Waals surface area contributed by atoms with Gasteiger partial charge in [-0.1, -0.05) is 24.6 Å². The highest BCUT2D eigenvalue weighted by atomic mass is 35.5. The Hall–Kier alpha value is -2.88. The number of carboxylic acid groups (broad SMARTS) is 1. The summed E-state index contributed by atoms with van der Waals surface area (Å²) >= 11 is 8.17. The fourth-order valence-corrected chi connectivity index (χ4v) is 6.81. The summed E-state index contributed by atoms with van der Waals surface area (Å²) < 4.78 is 0. The molecule has 2 aliphatic rings. The van der Waals surface area contributed by atoms with Gasteiger partial charge < -0.3 is 20.7 Å². The lowest BCUT2D eigenvalue weighted by Crippen LogP contribution is -2.19. The number of aromatic nitrogens is 4. The molecule has 37 heavy (non-hydrogen) atoms. The van der Waals surface area contributed by atoms with Gasteiger partial charge in [0.05, 0.1) is 15.9 Å². The maximum atomic E-state index is 11.9. The second-order valence-electron chi connectivity index (χ2n) is 9.97. The number of rotatable bonds is 6. The van der Waals surface area contributed by atoms with Crippen molar-refractivity contribution in [3.8, 4) is 0 Å². The van der Waals surface area contributed by atoms with Gasteiger partial charge in [-0.15, -0.1) is 0 Å². The minimum atomic E-state index is -1.03. The normalized spacial score (nSPS) is 19.9. The van der Waals surface area contributed by atoms with Crippen molar-refractivity contribution >= 4 is 57.1 Å². The molecule has 1 saturated carbocycles. The Labute approximate surface area is 224 Å². The van der Waals surface area contributed by atoms with Gasteiger partial charge >= 0.3 is 5.97 Å². The highest BCUT2D eigenvalue weighted by Gasteiger charge is 2.27. The predicted molar refractivity (Wildman–Crippen MR) is 147 cm³/mol. The number of carboxylic acids is 1. The third-order valence-corrected chi connectivity index (χ3v) is 8.81. The number of carbonyl (C=O) groups is 1. The van der Waals surface area contributed by atoms with Crippen molar-refractivity contribution in [2.24, 2.45) is 5.73 Å². The lowest BCUT2D eigenvalue weighted by Gasteiger charge is -2.18. The molecule has 0 amide bonds. The Morgan fingerprint density at radius 1 is 1.22 bits per heavy atom. The van der Waals surface area contributed by atoms with E-state index in [-0.39, 0.29) is 17.7 Å². The number of nitrogens with two attached hydrogens (primary N) is 1. The van der Waals surface area contributed by atoms with Crippen LogP contribution in [0.3, 0.4) is 0 Å². The molecule has 8 nitrogen and oxygen atoms in total. The number of fused-ring (bicyclic) bond motifs is 2. The molecule has 1 aliphatic heterocycles. The first kappa shape index (κ1) is 24.5. The van der Waals surface area contributed by atoms with Gasteiger partial charge in [-0.2, -0.15) is 0 Å². The Morgan fingerprint density at radius 3 is 2.73 bits per heavy atom. The summed E-state index contributed by atoms with van der Waals surface area (Å²) in [5, 5.41) is 12.9. The number of nitrogens with one attached hydrogen (secondary N) is 1. The van der Waals surface area contributed by atoms with Crippen molar-refractivity contribution in [1.29, 1.82) is 0 Å². The molecule has 2 fully saturated rings. The van der Waals surface area contributed by atoms with Crippen LogP contribution in [-0.4, -0.2) is 50.1 Å². The molecule has 1 saturated heterocycles. The van der Waals surface area contributed by atoms with E-state index in [0.717, 1.165) is 90.0 Å². The molecule has 1 aliphatic carbocycles. The molecule has 192 valence electrons. The van der Waals surface area contributed by atoms with E-state index in [1.165, 1.54) is 11.8 Å². The molecule has 6 rings (SSSR count). The third kappa shape index (κ3) is 4.53. The van der Waals surface area contributed by atoms with Crippen LogP contribution in [0.2, 0.25) is 5.02 Å². The quantitative estimate of drug-likeness (QED) is 0.266. The van der Waals surface area contributed by atoms with Gasteiger partial charge in [0, 0.05) is 35.1 Å². The molecule has 4 aromatic rings. The SMILES string of the molecule is CCc1[nH]c2nc(Sc3ccc4c(C5CC[C@@H](N)C5)cc(C(=O)O)nc4c3)nc(N3CCCC3)c2c1Cl. The number of hydrogen-bond acceptors (Lipinski definition) is 7. The van der Waals surface area contributed by atoms with Gasteiger partial charge in [-0.05, 0) is 80.0 Å². The van der Waals surface area contributed by atoms with Crippen LogP contribution in [0.4, 0.5) is 5.82 Å². The average Bonchev–Trinajstić information content (AvgIpc) is 3.63. The van der Waals surface area contributed by atoms with Crippen LogP contribution in [0.25, 0.3) is 21.9 Å². The van der Waals surface area contributed by atoms with Crippen molar-refractivity contribution in [3.63, 3.8) is 0 Å². The zero-order valence-corrected chi connectivity index (χ0v) is 22.2. The van der Waals surface area contributed by atoms with Gasteiger partial charge in [-0.3, -0.25) is 0 Å². The molecule has 1 aromatic carbocycles. The number of nitrogens with zero attached hydrogens (tertiary/aromatic N) is 4. The molecule has 1 unspecified atom stereocenters. The first-order valence-electron chi connectivity index (χ1n) is 12.9. The molecule has 3 aromatic heterocycles. The van der Waals surface area contributed by atoms with E-state index in [4.69, 9.17) is 27.3 Å². The van der Waals surface area contributed by atoms with Crippen LogP contribution >= 0.6 is 23.4 Å². The number of aromatic carboxylic acids is 1. The van der Waals surface area contributed by atoms with Gasteiger partial charge in [0.25, 0.3) is 0 Å². The minimum Gasteiger partial charge on any atom is -0.477 e. The lowest BCUT2D eigenvalue weighted by atomic mass is 9.93. The molecule has 10 heteroatoms. The standard InChI is InChI=1S/C27H29ClN6O2S/c1-2-19-23(28)22-24(31-19)32-27(33-25(22)34-9-3-4-10-34)37-16-7-8-17-18(14-5-6-15(29)11-14)13-21(26(35)36)30-20(17)12-16/h7-8,12-15H,2-6,9-11,29H2,1H3,(H,35,36)(H,31,32,33)/t14?,15-/m1/s1. The first-order valence-corrected chi connectivity index (χ1v) is 14.0. The number of halogens is 1. The number of hydrogen-bond donors (Lipinski definition) is 3. The van der Waals surface area contributed by atoms with Crippen LogP contribution in [-0.2, 0) is 6.42 Å². The Balaban J connectivity index is 1.41. The summed E-state index contributed by atoms with van der Waals surface area (Å²) in [5.41, 5.74) is 9.62. The largest absolute Gasteiger partial charge is 0.477 e. The minimum absolute atomic E-state index is 0.0623. The van der Waals surface area contributed by atoms with Gasteiger partial charge in [0.2, 0.25) is 0 Å². The Morgan fingerprint density at radius 2 is 2.03 bits per heavy atom. The van der Waals surface area contributed by atoms with Crippen molar-refractivity contribution in [1.82, 2.24) is 19.9 Å². The molecular weight excluding hydrogens is 508 g/mol. The summed E-state index contributed by atoms with van der Waals surface area (Å²) in [7, 11) is 0. The van der Waals surface area contributed by atoms with Crippen LogP contribution in [0.15, 0.2) is 34.3 Å². The number of H-pyrrole nitrogens is 1. The number of aromatic amines is 1. The summed E-state index contributed by atoms with van der Waals surface area (Å²) in [4.78, 5) is 32.6. The monoisotopic (exact) mass is 536 g/mol. The molecular formula is C27H29ClN6O2S. The van der Waals surface area contributed by atoms with Crippen molar-refractivity contribution in [3.05, 3.63) is 46.2 Å². The van der Waals surface area contributed by atoms with Gasteiger partial charge in [0.15, 0.2) is 5.16 Å². The van der Waals surface area contributed by atoms with Crippen molar-refractivity contribution in [2.45, 2.75) is 67.5 Å². The van der Waals surface area contributed by atoms with Gasteiger partial charge in [-0.25, -0.2) is 19.7 Å². The van der Waals surface area contributed by atoms with Gasteiger partial charge in [0.1, 0.15) is 17.2 Å². The average molecular weight is 537 g/mol. The summed E-state index contributed by atoms with van der Waals surface area (Å²) in [6.45, 7) is 3.96. The second-order valence-corrected chi connectivity index (χ2v) is 11.4. The highest BCUT2D eigenvalue weighted by molar-refractivity contribution is 7.99. The van der Waals surface area contributed by atoms with Crippen LogP contribution in [0.1, 0.15) is 66.7 Å². The number of pyridine rings is 1. The third-order valence-electron chi connectivity index (χ3n) is 7.54. The molecule has 2 atom stereocenters.